The van der Waals surface area contributed by atoms with Crippen molar-refractivity contribution in [2.24, 2.45) is 0 Å². The number of hydrogen-bond acceptors (Lipinski definition) is 3. The first kappa shape index (κ1) is 13.6. The van der Waals surface area contributed by atoms with Crippen molar-refractivity contribution < 1.29 is 9.90 Å². The monoisotopic (exact) mass is 323 g/mol. The molecule has 6 heteroatoms. The van der Waals surface area contributed by atoms with E-state index < -0.39 is 0 Å². The van der Waals surface area contributed by atoms with Gasteiger partial charge in [-0.1, -0.05) is 13.3 Å². The van der Waals surface area contributed by atoms with Gasteiger partial charge >= 0.3 is 0 Å². The van der Waals surface area contributed by atoms with Crippen LogP contribution in [0.3, 0.4) is 0 Å². The molecule has 2 aromatic rings. The highest BCUT2D eigenvalue weighted by Gasteiger charge is 2.10. The number of phenols is 1. The van der Waals surface area contributed by atoms with Gasteiger partial charge in [-0.2, -0.15) is 5.10 Å². The third-order valence-electron chi connectivity index (χ3n) is 2.60. The predicted octanol–water partition coefficient (Wildman–Crippen LogP) is 3.08. The molecule has 0 radical (unpaired) electrons. The SMILES string of the molecule is CCCc1cc(NC(=O)c2ccc(Br)c(O)c2)n[nH]1. The summed E-state index contributed by atoms with van der Waals surface area (Å²) in [6, 6.07) is 6.45. The number of nitrogens with one attached hydrogen (secondary N) is 2. The van der Waals surface area contributed by atoms with Gasteiger partial charge in [0.2, 0.25) is 0 Å². The molecule has 0 spiro atoms. The molecule has 0 atom stereocenters. The minimum Gasteiger partial charge on any atom is -0.507 e. The van der Waals surface area contributed by atoms with Gasteiger partial charge in [0.15, 0.2) is 5.82 Å². The number of aryl methyl sites for hydroxylation is 1. The van der Waals surface area contributed by atoms with E-state index in [-0.39, 0.29) is 11.7 Å². The number of hydrogen-bond donors (Lipinski definition) is 3. The molecule has 1 amide bonds. The summed E-state index contributed by atoms with van der Waals surface area (Å²) in [5.41, 5.74) is 1.36. The second kappa shape index (κ2) is 5.88. The number of H-pyrrole nitrogens is 1. The molecule has 0 aliphatic heterocycles. The van der Waals surface area contributed by atoms with Crippen LogP contribution in [0.1, 0.15) is 29.4 Å². The Bertz CT molecular complexity index is 595. The van der Waals surface area contributed by atoms with Gasteiger partial charge in [0.25, 0.3) is 5.91 Å². The Morgan fingerprint density at radius 1 is 1.47 bits per heavy atom. The molecule has 1 heterocycles. The molecule has 0 unspecified atom stereocenters. The molecule has 2 rings (SSSR count). The molecule has 100 valence electrons. The highest BCUT2D eigenvalue weighted by Crippen LogP contribution is 2.24. The molecule has 0 bridgehead atoms. The molecule has 3 N–H and O–H groups in total. The fraction of sp³-hybridized carbons (Fsp3) is 0.231. The van der Waals surface area contributed by atoms with Gasteiger partial charge in [-0.3, -0.25) is 9.89 Å². The Labute approximate surface area is 119 Å². The third-order valence-corrected chi connectivity index (χ3v) is 3.27. The summed E-state index contributed by atoms with van der Waals surface area (Å²) >= 11 is 3.17. The number of carbonyl (C=O) groups excluding carboxylic acids is 1. The lowest BCUT2D eigenvalue weighted by molar-refractivity contribution is 0.102. The third kappa shape index (κ3) is 3.35. The fourth-order valence-corrected chi connectivity index (χ4v) is 1.91. The molecule has 1 aromatic carbocycles. The molecule has 0 saturated carbocycles. The van der Waals surface area contributed by atoms with Gasteiger partial charge in [0.05, 0.1) is 4.47 Å². The Morgan fingerprint density at radius 3 is 2.95 bits per heavy atom. The smallest absolute Gasteiger partial charge is 0.256 e. The van der Waals surface area contributed by atoms with Crippen LogP contribution in [0.2, 0.25) is 0 Å². The second-order valence-corrected chi connectivity index (χ2v) is 5.00. The second-order valence-electron chi connectivity index (χ2n) is 4.15. The van der Waals surface area contributed by atoms with Crippen molar-refractivity contribution in [2.45, 2.75) is 19.8 Å². The molecule has 1 aromatic heterocycles. The largest absolute Gasteiger partial charge is 0.507 e. The van der Waals surface area contributed by atoms with E-state index in [0.717, 1.165) is 18.5 Å². The van der Waals surface area contributed by atoms with Crippen LogP contribution in [0.25, 0.3) is 0 Å². The van der Waals surface area contributed by atoms with Crippen molar-refractivity contribution in [1.29, 1.82) is 0 Å². The van der Waals surface area contributed by atoms with Crippen LogP contribution < -0.4 is 5.32 Å². The molecule has 0 fully saturated rings. The number of aromatic hydroxyl groups is 1. The molecular weight excluding hydrogens is 310 g/mol. The maximum absolute atomic E-state index is 12.0. The molecule has 0 aliphatic rings. The Hall–Kier alpha value is -1.82. The van der Waals surface area contributed by atoms with Crippen molar-refractivity contribution in [3.05, 3.63) is 40.0 Å². The van der Waals surface area contributed by atoms with Gasteiger partial charge in [-0.05, 0) is 40.5 Å². The summed E-state index contributed by atoms with van der Waals surface area (Å²) in [5, 5.41) is 19.1. The van der Waals surface area contributed by atoms with E-state index in [0.29, 0.717) is 15.9 Å². The van der Waals surface area contributed by atoms with Crippen LogP contribution in [0.5, 0.6) is 5.75 Å². The first-order chi connectivity index (χ1) is 9.10. The van der Waals surface area contributed by atoms with E-state index in [1.165, 1.54) is 6.07 Å². The molecule has 19 heavy (non-hydrogen) atoms. The number of benzene rings is 1. The Kier molecular flexibility index (Phi) is 4.21. The lowest BCUT2D eigenvalue weighted by atomic mass is 10.2. The number of aromatic amines is 1. The molecule has 0 saturated heterocycles. The van der Waals surface area contributed by atoms with E-state index in [2.05, 4.69) is 38.4 Å². The van der Waals surface area contributed by atoms with Gasteiger partial charge in [-0.15, -0.1) is 0 Å². The number of phenolic OH excluding ortho intramolecular Hbond substituents is 1. The number of anilines is 1. The number of rotatable bonds is 4. The van der Waals surface area contributed by atoms with E-state index in [4.69, 9.17) is 0 Å². The quantitative estimate of drug-likeness (QED) is 0.809. The summed E-state index contributed by atoms with van der Waals surface area (Å²) in [6.07, 6.45) is 1.90. The zero-order valence-corrected chi connectivity index (χ0v) is 12.0. The van der Waals surface area contributed by atoms with Gasteiger partial charge in [0, 0.05) is 17.3 Å². The van der Waals surface area contributed by atoms with E-state index >= 15 is 0 Å². The normalized spacial score (nSPS) is 10.4. The average Bonchev–Trinajstić information content (AvgIpc) is 2.80. The van der Waals surface area contributed by atoms with Gasteiger partial charge in [-0.25, -0.2) is 0 Å². The number of aromatic nitrogens is 2. The van der Waals surface area contributed by atoms with E-state index in [9.17, 15) is 9.90 Å². The van der Waals surface area contributed by atoms with Crippen LogP contribution in [0.15, 0.2) is 28.7 Å². The van der Waals surface area contributed by atoms with Crippen molar-refractivity contribution in [2.75, 3.05) is 5.32 Å². The van der Waals surface area contributed by atoms with Crippen LogP contribution in [0, 0.1) is 0 Å². The number of amides is 1. The summed E-state index contributed by atoms with van der Waals surface area (Å²) in [7, 11) is 0. The minimum atomic E-state index is -0.308. The van der Waals surface area contributed by atoms with Crippen LogP contribution >= 0.6 is 15.9 Å². The topological polar surface area (TPSA) is 78.0 Å². The average molecular weight is 324 g/mol. The number of halogens is 1. The standard InChI is InChI=1S/C13H14BrN3O2/c1-2-3-9-7-12(17-16-9)15-13(19)8-4-5-10(14)11(18)6-8/h4-7,18H,2-3H2,1H3,(H2,15,16,17,19). The predicted molar refractivity (Wildman–Crippen MR) is 76.3 cm³/mol. The van der Waals surface area contributed by atoms with Crippen LogP contribution in [-0.4, -0.2) is 21.2 Å². The van der Waals surface area contributed by atoms with Crippen molar-refractivity contribution in [1.82, 2.24) is 10.2 Å². The first-order valence-corrected chi connectivity index (χ1v) is 6.73. The van der Waals surface area contributed by atoms with Crippen molar-refractivity contribution in [3.63, 3.8) is 0 Å². The Morgan fingerprint density at radius 2 is 2.26 bits per heavy atom. The highest BCUT2D eigenvalue weighted by molar-refractivity contribution is 9.10. The van der Waals surface area contributed by atoms with E-state index in [1.54, 1.807) is 18.2 Å². The maximum atomic E-state index is 12.0. The first-order valence-electron chi connectivity index (χ1n) is 5.94. The summed E-state index contributed by atoms with van der Waals surface area (Å²) < 4.78 is 0.550. The lowest BCUT2D eigenvalue weighted by Gasteiger charge is -2.03. The lowest BCUT2D eigenvalue weighted by Crippen LogP contribution is -2.11. The van der Waals surface area contributed by atoms with Gasteiger partial charge in [0.1, 0.15) is 5.75 Å². The van der Waals surface area contributed by atoms with Crippen LogP contribution in [0.4, 0.5) is 5.82 Å². The van der Waals surface area contributed by atoms with Gasteiger partial charge < -0.3 is 10.4 Å². The fourth-order valence-electron chi connectivity index (χ4n) is 1.67. The number of carbonyl (C=O) groups is 1. The highest BCUT2D eigenvalue weighted by atomic mass is 79.9. The Balaban J connectivity index is 2.09. The number of nitrogens with zero attached hydrogens (tertiary/aromatic N) is 1. The molecule has 5 nitrogen and oxygen atoms in total. The summed E-state index contributed by atoms with van der Waals surface area (Å²) in [5.74, 6) is 0.203. The zero-order valence-electron chi connectivity index (χ0n) is 10.4. The van der Waals surface area contributed by atoms with Crippen molar-refractivity contribution in [3.8, 4) is 5.75 Å². The molecule has 0 aliphatic carbocycles. The van der Waals surface area contributed by atoms with Crippen molar-refractivity contribution >= 4 is 27.7 Å². The van der Waals surface area contributed by atoms with E-state index in [1.807, 2.05) is 0 Å². The van der Waals surface area contributed by atoms with Crippen LogP contribution in [-0.2, 0) is 6.42 Å². The zero-order chi connectivity index (χ0) is 13.8. The molecular formula is C13H14BrN3O2. The maximum Gasteiger partial charge on any atom is 0.256 e. The summed E-state index contributed by atoms with van der Waals surface area (Å²) in [4.78, 5) is 12.0. The minimum absolute atomic E-state index is 0.0290. The summed E-state index contributed by atoms with van der Waals surface area (Å²) in [6.45, 7) is 2.07.